The van der Waals surface area contributed by atoms with Gasteiger partial charge in [-0.15, -0.1) is 0 Å². The predicted molar refractivity (Wildman–Crippen MR) is 72.3 cm³/mol. The van der Waals surface area contributed by atoms with Crippen LogP contribution in [0.15, 0.2) is 24.3 Å². The van der Waals surface area contributed by atoms with E-state index in [1.165, 1.54) is 0 Å². The Morgan fingerprint density at radius 1 is 1.17 bits per heavy atom. The molecule has 0 saturated carbocycles. The molecular formula is C15H22O3. The number of hydrogen-bond donors (Lipinski definition) is 0. The Labute approximate surface area is 109 Å². The average Bonchev–Trinajstić information content (AvgIpc) is 2.41. The number of carbonyl (C=O) groups excluding carboxylic acids is 1. The monoisotopic (exact) mass is 250 g/mol. The van der Waals surface area contributed by atoms with Crippen LogP contribution in [0.3, 0.4) is 0 Å². The molecule has 1 rings (SSSR count). The molecule has 18 heavy (non-hydrogen) atoms. The number of ketones is 1. The van der Waals surface area contributed by atoms with Crippen molar-refractivity contribution in [3.05, 3.63) is 29.8 Å². The third kappa shape index (κ3) is 4.88. The summed E-state index contributed by atoms with van der Waals surface area (Å²) in [6.07, 6.45) is 2.20. The molecule has 0 fully saturated rings. The fraction of sp³-hybridized carbons (Fsp3) is 0.533. The maximum Gasteiger partial charge on any atom is 0.166 e. The van der Waals surface area contributed by atoms with Gasteiger partial charge in [-0.2, -0.15) is 0 Å². The summed E-state index contributed by atoms with van der Waals surface area (Å²) in [5.74, 6) is 0.821. The minimum Gasteiger partial charge on any atom is -0.493 e. The zero-order valence-electron chi connectivity index (χ0n) is 11.3. The maximum atomic E-state index is 12.1. The largest absolute Gasteiger partial charge is 0.493 e. The van der Waals surface area contributed by atoms with Gasteiger partial charge in [0.1, 0.15) is 5.75 Å². The van der Waals surface area contributed by atoms with Crippen molar-refractivity contribution in [2.24, 2.45) is 0 Å². The van der Waals surface area contributed by atoms with Crippen LogP contribution in [0, 0.1) is 0 Å². The molecule has 0 bridgehead atoms. The number of Topliss-reactive ketones (excluding diaryl/α,β-unsaturated/α-hetero) is 1. The van der Waals surface area contributed by atoms with Crippen molar-refractivity contribution in [1.29, 1.82) is 0 Å². The molecule has 0 aromatic heterocycles. The predicted octanol–water partition coefficient (Wildman–Crippen LogP) is 3.47. The Bertz CT molecular complexity index is 361. The summed E-state index contributed by atoms with van der Waals surface area (Å²) in [6.45, 7) is 5.98. The molecule has 0 radical (unpaired) electrons. The molecule has 100 valence electrons. The molecule has 0 aliphatic heterocycles. The van der Waals surface area contributed by atoms with Crippen LogP contribution in [0.25, 0.3) is 0 Å². The lowest BCUT2D eigenvalue weighted by molar-refractivity contribution is 0.0943. The van der Waals surface area contributed by atoms with Gasteiger partial charge < -0.3 is 9.47 Å². The first kappa shape index (κ1) is 14.7. The minimum absolute atomic E-state index is 0.126. The van der Waals surface area contributed by atoms with E-state index < -0.39 is 0 Å². The Kier molecular flexibility index (Phi) is 7.11. The van der Waals surface area contributed by atoms with Gasteiger partial charge in [-0.05, 0) is 31.9 Å². The summed E-state index contributed by atoms with van der Waals surface area (Å²) in [5, 5.41) is 0. The van der Waals surface area contributed by atoms with Crippen molar-refractivity contribution in [2.75, 3.05) is 19.8 Å². The van der Waals surface area contributed by atoms with E-state index in [1.807, 2.05) is 38.1 Å². The Hall–Kier alpha value is -1.35. The molecule has 1 aromatic rings. The summed E-state index contributed by atoms with van der Waals surface area (Å²) < 4.78 is 10.8. The van der Waals surface area contributed by atoms with Gasteiger partial charge in [-0.1, -0.05) is 19.1 Å². The van der Waals surface area contributed by atoms with Gasteiger partial charge in [0, 0.05) is 19.6 Å². The molecule has 0 spiro atoms. The first-order chi connectivity index (χ1) is 8.79. The van der Waals surface area contributed by atoms with Gasteiger partial charge in [0.15, 0.2) is 5.78 Å². The highest BCUT2D eigenvalue weighted by Crippen LogP contribution is 2.20. The Morgan fingerprint density at radius 2 is 1.94 bits per heavy atom. The number of para-hydroxylation sites is 1. The second-order valence-corrected chi connectivity index (χ2v) is 4.07. The van der Waals surface area contributed by atoms with Crippen LogP contribution in [0.2, 0.25) is 0 Å². The van der Waals surface area contributed by atoms with Crippen LogP contribution >= 0.6 is 0 Å². The third-order valence-electron chi connectivity index (χ3n) is 2.55. The van der Waals surface area contributed by atoms with E-state index in [1.54, 1.807) is 0 Å². The lowest BCUT2D eigenvalue weighted by Crippen LogP contribution is -2.06. The van der Waals surface area contributed by atoms with Crippen molar-refractivity contribution in [3.8, 4) is 5.75 Å². The second kappa shape index (κ2) is 8.70. The first-order valence-corrected chi connectivity index (χ1v) is 6.62. The smallest absolute Gasteiger partial charge is 0.166 e. The summed E-state index contributed by atoms with van der Waals surface area (Å²) in [6, 6.07) is 7.44. The van der Waals surface area contributed by atoms with Crippen molar-refractivity contribution in [1.82, 2.24) is 0 Å². The maximum absolute atomic E-state index is 12.1. The van der Waals surface area contributed by atoms with Crippen molar-refractivity contribution >= 4 is 5.78 Å². The summed E-state index contributed by atoms with van der Waals surface area (Å²) in [5.41, 5.74) is 0.683. The van der Waals surface area contributed by atoms with E-state index in [0.29, 0.717) is 37.6 Å². The highest BCUT2D eigenvalue weighted by molar-refractivity contribution is 5.98. The lowest BCUT2D eigenvalue weighted by atomic mass is 10.1. The highest BCUT2D eigenvalue weighted by atomic mass is 16.5. The molecule has 0 amide bonds. The SMILES string of the molecule is CCCOc1ccccc1C(=O)CCCOCC. The van der Waals surface area contributed by atoms with E-state index in [4.69, 9.17) is 9.47 Å². The standard InChI is InChI=1S/C15H22O3/c1-3-11-18-15-10-6-5-8-13(15)14(16)9-7-12-17-4-2/h5-6,8,10H,3-4,7,9,11-12H2,1-2H3. The molecule has 1 aromatic carbocycles. The average molecular weight is 250 g/mol. The molecule has 0 N–H and O–H groups in total. The van der Waals surface area contributed by atoms with Crippen molar-refractivity contribution < 1.29 is 14.3 Å². The number of hydrogen-bond acceptors (Lipinski definition) is 3. The fourth-order valence-corrected chi connectivity index (χ4v) is 1.65. The third-order valence-corrected chi connectivity index (χ3v) is 2.55. The topological polar surface area (TPSA) is 35.5 Å². The zero-order chi connectivity index (χ0) is 13.2. The van der Waals surface area contributed by atoms with Crippen molar-refractivity contribution in [2.45, 2.75) is 33.1 Å². The lowest BCUT2D eigenvalue weighted by Gasteiger charge is -2.09. The molecule has 0 unspecified atom stereocenters. The van der Waals surface area contributed by atoms with Gasteiger partial charge in [0.05, 0.1) is 12.2 Å². The molecule has 0 saturated heterocycles. The van der Waals surface area contributed by atoms with Gasteiger partial charge in [-0.25, -0.2) is 0 Å². The van der Waals surface area contributed by atoms with E-state index >= 15 is 0 Å². The van der Waals surface area contributed by atoms with Crippen molar-refractivity contribution in [3.63, 3.8) is 0 Å². The fourth-order valence-electron chi connectivity index (χ4n) is 1.65. The van der Waals surface area contributed by atoms with Crippen LogP contribution in [-0.2, 0) is 4.74 Å². The number of rotatable bonds is 9. The summed E-state index contributed by atoms with van der Waals surface area (Å²) in [7, 11) is 0. The van der Waals surface area contributed by atoms with Gasteiger partial charge in [-0.3, -0.25) is 4.79 Å². The molecule has 3 nitrogen and oxygen atoms in total. The quantitative estimate of drug-likeness (QED) is 0.497. The summed E-state index contributed by atoms with van der Waals surface area (Å²) in [4.78, 5) is 12.1. The van der Waals surface area contributed by atoms with Gasteiger partial charge in [0.2, 0.25) is 0 Å². The van der Waals surface area contributed by atoms with Crippen LogP contribution in [0.1, 0.15) is 43.5 Å². The number of carbonyl (C=O) groups is 1. The van der Waals surface area contributed by atoms with Gasteiger partial charge in [0.25, 0.3) is 0 Å². The minimum atomic E-state index is 0.126. The molecule has 3 heteroatoms. The normalized spacial score (nSPS) is 10.3. The Morgan fingerprint density at radius 3 is 2.67 bits per heavy atom. The zero-order valence-corrected chi connectivity index (χ0v) is 11.3. The number of ether oxygens (including phenoxy) is 2. The molecule has 0 atom stereocenters. The van der Waals surface area contributed by atoms with Gasteiger partial charge >= 0.3 is 0 Å². The highest BCUT2D eigenvalue weighted by Gasteiger charge is 2.11. The Balaban J connectivity index is 2.55. The number of benzene rings is 1. The van der Waals surface area contributed by atoms with E-state index in [2.05, 4.69) is 0 Å². The van der Waals surface area contributed by atoms with E-state index in [9.17, 15) is 4.79 Å². The van der Waals surface area contributed by atoms with Crippen LogP contribution in [0.4, 0.5) is 0 Å². The van der Waals surface area contributed by atoms with Crippen LogP contribution < -0.4 is 4.74 Å². The summed E-state index contributed by atoms with van der Waals surface area (Å²) >= 11 is 0. The second-order valence-electron chi connectivity index (χ2n) is 4.07. The molecule has 0 heterocycles. The molecular weight excluding hydrogens is 228 g/mol. The molecule has 0 aliphatic rings. The van der Waals surface area contributed by atoms with E-state index in [-0.39, 0.29) is 5.78 Å². The van der Waals surface area contributed by atoms with E-state index in [0.717, 1.165) is 12.8 Å². The molecule has 0 aliphatic carbocycles. The van der Waals surface area contributed by atoms with Crippen LogP contribution in [-0.4, -0.2) is 25.6 Å². The first-order valence-electron chi connectivity index (χ1n) is 6.62. The van der Waals surface area contributed by atoms with Crippen LogP contribution in [0.5, 0.6) is 5.75 Å².